The summed E-state index contributed by atoms with van der Waals surface area (Å²) in [6.45, 7) is 0.804. The van der Waals surface area contributed by atoms with Crippen LogP contribution >= 0.6 is 0 Å². The van der Waals surface area contributed by atoms with E-state index in [9.17, 15) is 13.2 Å². The van der Waals surface area contributed by atoms with Crippen LogP contribution in [0.2, 0.25) is 0 Å². The highest BCUT2D eigenvalue weighted by atomic mass is 19.4. The van der Waals surface area contributed by atoms with Crippen molar-refractivity contribution >= 4 is 23.0 Å². The molecule has 0 unspecified atom stereocenters. The molecule has 0 fully saturated rings. The predicted molar refractivity (Wildman–Crippen MR) is 105 cm³/mol. The zero-order valence-electron chi connectivity index (χ0n) is 15.6. The predicted octanol–water partition coefficient (Wildman–Crippen LogP) is 3.65. The second kappa shape index (κ2) is 7.51. The number of rotatable bonds is 3. The fourth-order valence-corrected chi connectivity index (χ4v) is 3.34. The quantitative estimate of drug-likeness (QED) is 0.678. The average molecular weight is 411 g/mol. The molecule has 0 spiro atoms. The number of hydrogen-bond acceptors (Lipinski definition) is 7. The van der Waals surface area contributed by atoms with Crippen LogP contribution in [0, 0.1) is 11.3 Å². The third-order valence-corrected chi connectivity index (χ3v) is 4.83. The first kappa shape index (κ1) is 19.4. The summed E-state index contributed by atoms with van der Waals surface area (Å²) in [4.78, 5) is 14.6. The number of halogens is 3. The van der Waals surface area contributed by atoms with Crippen LogP contribution in [0.5, 0.6) is 0 Å². The molecule has 0 atom stereocenters. The van der Waals surface area contributed by atoms with Crippen LogP contribution in [0.15, 0.2) is 42.9 Å². The molecular weight excluding hydrogens is 395 g/mol. The Hall–Kier alpha value is -3.87. The molecule has 2 aromatic heterocycles. The maximum atomic E-state index is 13.3. The number of alkyl halides is 3. The Kier molecular flexibility index (Phi) is 4.87. The van der Waals surface area contributed by atoms with Gasteiger partial charge in [0.25, 0.3) is 0 Å². The molecule has 0 saturated carbocycles. The zero-order valence-corrected chi connectivity index (χ0v) is 15.6. The number of nitrogens with one attached hydrogen (secondary N) is 1. The van der Waals surface area contributed by atoms with Crippen LogP contribution in [0.3, 0.4) is 0 Å². The van der Waals surface area contributed by atoms with E-state index < -0.39 is 17.3 Å². The van der Waals surface area contributed by atoms with Crippen molar-refractivity contribution in [3.05, 3.63) is 65.2 Å². The van der Waals surface area contributed by atoms with Crippen molar-refractivity contribution in [2.45, 2.75) is 19.1 Å². The first-order chi connectivity index (χ1) is 14.3. The van der Waals surface area contributed by atoms with Crippen molar-refractivity contribution in [2.24, 2.45) is 0 Å². The Bertz CT molecular complexity index is 1120. The van der Waals surface area contributed by atoms with Gasteiger partial charge in [-0.3, -0.25) is 0 Å². The van der Waals surface area contributed by atoms with Gasteiger partial charge in [0.2, 0.25) is 0 Å². The molecule has 1 aromatic carbocycles. The summed E-state index contributed by atoms with van der Waals surface area (Å²) < 4.78 is 39.9. The van der Waals surface area contributed by atoms with E-state index in [-0.39, 0.29) is 0 Å². The lowest BCUT2D eigenvalue weighted by Gasteiger charge is -2.31. The Morgan fingerprint density at radius 3 is 2.67 bits per heavy atom. The number of nitrogen functional groups attached to an aromatic ring is 1. The molecule has 10 heteroatoms. The summed E-state index contributed by atoms with van der Waals surface area (Å²) >= 11 is 0. The van der Waals surface area contributed by atoms with Gasteiger partial charge in [-0.15, -0.1) is 0 Å². The van der Waals surface area contributed by atoms with Crippen LogP contribution in [0.4, 0.5) is 36.2 Å². The lowest BCUT2D eigenvalue weighted by Crippen LogP contribution is -2.32. The lowest BCUT2D eigenvalue weighted by molar-refractivity contribution is -0.137. The third-order valence-electron chi connectivity index (χ3n) is 4.83. The maximum Gasteiger partial charge on any atom is 0.417 e. The molecule has 30 heavy (non-hydrogen) atoms. The minimum absolute atomic E-state index is 0.324. The van der Waals surface area contributed by atoms with Crippen LogP contribution < -0.4 is 16.0 Å². The number of benzene rings is 1. The van der Waals surface area contributed by atoms with E-state index in [1.165, 1.54) is 24.7 Å². The number of aromatic nitrogens is 3. The van der Waals surface area contributed by atoms with Crippen LogP contribution in [-0.4, -0.2) is 21.5 Å². The molecule has 3 N–H and O–H groups in total. The molecule has 1 aliphatic heterocycles. The fourth-order valence-electron chi connectivity index (χ4n) is 3.34. The van der Waals surface area contributed by atoms with E-state index in [0.29, 0.717) is 48.2 Å². The van der Waals surface area contributed by atoms with Crippen LogP contribution in [0.1, 0.15) is 22.4 Å². The normalized spacial score (nSPS) is 13.5. The van der Waals surface area contributed by atoms with E-state index in [0.717, 1.165) is 11.6 Å². The largest absolute Gasteiger partial charge is 0.417 e. The summed E-state index contributed by atoms with van der Waals surface area (Å²) in [6, 6.07) is 8.79. The number of nitrogens with two attached hydrogens (primary N) is 1. The van der Waals surface area contributed by atoms with Gasteiger partial charge in [-0.05, 0) is 36.8 Å². The Morgan fingerprint density at radius 1 is 1.13 bits per heavy atom. The first-order valence-corrected chi connectivity index (χ1v) is 9.03. The van der Waals surface area contributed by atoms with Gasteiger partial charge in [0.05, 0.1) is 41.3 Å². The van der Waals surface area contributed by atoms with Gasteiger partial charge < -0.3 is 16.0 Å². The van der Waals surface area contributed by atoms with E-state index in [1.54, 1.807) is 23.1 Å². The molecule has 0 bridgehead atoms. The Morgan fingerprint density at radius 2 is 1.97 bits per heavy atom. The second-order valence-electron chi connectivity index (χ2n) is 6.76. The molecule has 0 aliphatic carbocycles. The van der Waals surface area contributed by atoms with Crippen LogP contribution in [-0.2, 0) is 19.1 Å². The maximum absolute atomic E-state index is 13.3. The number of fused-ring (bicyclic) bond motifs is 1. The fraction of sp³-hybridized carbons (Fsp3) is 0.200. The van der Waals surface area contributed by atoms with Crippen molar-refractivity contribution in [1.82, 2.24) is 15.0 Å². The van der Waals surface area contributed by atoms with E-state index in [1.807, 2.05) is 0 Å². The van der Waals surface area contributed by atoms with Crippen molar-refractivity contribution in [3.8, 4) is 6.07 Å². The van der Waals surface area contributed by atoms with Crippen molar-refractivity contribution in [2.75, 3.05) is 22.5 Å². The number of hydrogen-bond donors (Lipinski definition) is 2. The average Bonchev–Trinajstić information content (AvgIpc) is 2.74. The smallest absolute Gasteiger partial charge is 0.397 e. The van der Waals surface area contributed by atoms with Gasteiger partial charge in [0.1, 0.15) is 18.0 Å². The number of pyridine rings is 1. The van der Waals surface area contributed by atoms with Crippen molar-refractivity contribution in [1.29, 1.82) is 5.26 Å². The summed E-state index contributed by atoms with van der Waals surface area (Å²) in [7, 11) is 0. The van der Waals surface area contributed by atoms with Gasteiger partial charge in [0.15, 0.2) is 0 Å². The molecule has 4 rings (SSSR count). The molecule has 152 valence electrons. The minimum atomic E-state index is -4.60. The highest BCUT2D eigenvalue weighted by Gasteiger charge is 2.34. The number of anilines is 4. The Balaban J connectivity index is 1.60. The summed E-state index contributed by atoms with van der Waals surface area (Å²) in [5.74, 6) is 1.18. The van der Waals surface area contributed by atoms with E-state index in [2.05, 4.69) is 20.3 Å². The second-order valence-corrected chi connectivity index (χ2v) is 6.76. The highest BCUT2D eigenvalue weighted by molar-refractivity contribution is 5.61. The zero-order chi connectivity index (χ0) is 21.3. The first-order valence-electron chi connectivity index (χ1n) is 9.03. The number of nitriles is 1. The molecule has 3 heterocycles. The SMILES string of the molecule is N#Cc1ccc(N2CCc3c(ncnc3Nc3ccc(N)cn3)C2)cc1C(F)(F)F. The lowest BCUT2D eigenvalue weighted by atomic mass is 10.0. The topological polar surface area (TPSA) is 104 Å². The van der Waals surface area contributed by atoms with Crippen molar-refractivity contribution in [3.63, 3.8) is 0 Å². The van der Waals surface area contributed by atoms with Crippen LogP contribution in [0.25, 0.3) is 0 Å². The minimum Gasteiger partial charge on any atom is -0.397 e. The summed E-state index contributed by atoms with van der Waals surface area (Å²) in [6.07, 6.45) is -1.13. The number of nitrogens with zero attached hydrogens (tertiary/aromatic N) is 5. The standard InChI is InChI=1S/C20H16F3N7/c21-20(22,23)16-7-14(3-1-12(16)8-24)30-6-5-15-17(10-30)27-11-28-19(15)29-18-4-2-13(25)9-26-18/h1-4,7,9,11H,5-6,10,25H2,(H,26,27,28,29). The molecular formula is C20H16F3N7. The van der Waals surface area contributed by atoms with Gasteiger partial charge in [-0.1, -0.05) is 0 Å². The monoisotopic (exact) mass is 411 g/mol. The molecule has 0 radical (unpaired) electrons. The molecule has 0 saturated heterocycles. The third kappa shape index (κ3) is 3.82. The van der Waals surface area contributed by atoms with E-state index in [4.69, 9.17) is 11.0 Å². The highest BCUT2D eigenvalue weighted by Crippen LogP contribution is 2.36. The summed E-state index contributed by atoms with van der Waals surface area (Å²) in [5.41, 5.74) is 6.85. The summed E-state index contributed by atoms with van der Waals surface area (Å²) in [5, 5.41) is 12.1. The van der Waals surface area contributed by atoms with Gasteiger partial charge >= 0.3 is 6.18 Å². The molecule has 3 aromatic rings. The van der Waals surface area contributed by atoms with Gasteiger partial charge in [-0.25, -0.2) is 15.0 Å². The van der Waals surface area contributed by atoms with E-state index >= 15 is 0 Å². The molecule has 0 amide bonds. The van der Waals surface area contributed by atoms with Gasteiger partial charge in [0, 0.05) is 17.8 Å². The van der Waals surface area contributed by atoms with Gasteiger partial charge in [-0.2, -0.15) is 18.4 Å². The molecule has 1 aliphatic rings. The molecule has 7 nitrogen and oxygen atoms in total. The van der Waals surface area contributed by atoms with Crippen molar-refractivity contribution < 1.29 is 13.2 Å². The Labute approximate surface area is 170 Å².